The Morgan fingerprint density at radius 3 is 2.55 bits per heavy atom. The number of carbonyl (C=O) groups excluding carboxylic acids is 1. The maximum Gasteiger partial charge on any atom is 0.339 e. The highest BCUT2D eigenvalue weighted by Gasteiger charge is 2.23. The summed E-state index contributed by atoms with van der Waals surface area (Å²) in [6.07, 6.45) is -0.903. The molecular weight excluding hydrogens is 348 g/mol. The molecule has 1 aromatic carbocycles. The second-order valence-corrected chi connectivity index (χ2v) is 7.08. The Balaban J connectivity index is 3.23. The van der Waals surface area contributed by atoms with Gasteiger partial charge in [0, 0.05) is 18.6 Å². The Kier molecular flexibility index (Phi) is 5.28. The van der Waals surface area contributed by atoms with Crippen molar-refractivity contribution >= 4 is 31.9 Å². The van der Waals surface area contributed by atoms with Gasteiger partial charge in [0.1, 0.15) is 6.07 Å². The topological polar surface area (TPSA) is 87.5 Å². The fourth-order valence-corrected chi connectivity index (χ4v) is 3.12. The summed E-state index contributed by atoms with van der Waals surface area (Å²) < 4.78 is 30.4. The van der Waals surface area contributed by atoms with E-state index in [2.05, 4.69) is 15.9 Å². The van der Waals surface area contributed by atoms with Crippen LogP contribution < -0.4 is 0 Å². The molecule has 0 N–H and O–H groups in total. The molecule has 0 aliphatic heterocycles. The zero-order valence-electron chi connectivity index (χ0n) is 11.1. The molecule has 6 nitrogen and oxygen atoms in total. The molecule has 0 aromatic heterocycles. The van der Waals surface area contributed by atoms with E-state index in [0.717, 1.165) is 4.31 Å². The van der Waals surface area contributed by atoms with Crippen LogP contribution in [0.1, 0.15) is 17.3 Å². The number of ether oxygens (including phenoxy) is 1. The summed E-state index contributed by atoms with van der Waals surface area (Å²) in [5.74, 6) is -0.748. The maximum absolute atomic E-state index is 12.1. The number of halogens is 1. The van der Waals surface area contributed by atoms with Crippen molar-refractivity contribution in [1.82, 2.24) is 4.31 Å². The number of benzene rings is 1. The number of nitriles is 1. The van der Waals surface area contributed by atoms with Crippen LogP contribution in [-0.2, 0) is 14.8 Å². The zero-order valence-corrected chi connectivity index (χ0v) is 13.5. The fraction of sp³-hybridized carbons (Fsp3) is 0.333. The molecule has 0 heterocycles. The number of hydrogen-bond acceptors (Lipinski definition) is 5. The lowest BCUT2D eigenvalue weighted by atomic mass is 10.2. The first kappa shape index (κ1) is 16.6. The van der Waals surface area contributed by atoms with Crippen molar-refractivity contribution in [1.29, 1.82) is 5.26 Å². The molecule has 8 heteroatoms. The first-order valence-corrected chi connectivity index (χ1v) is 7.76. The van der Waals surface area contributed by atoms with Crippen LogP contribution in [0.3, 0.4) is 0 Å². The van der Waals surface area contributed by atoms with Crippen LogP contribution >= 0.6 is 15.9 Å². The molecule has 0 bridgehead atoms. The van der Waals surface area contributed by atoms with Gasteiger partial charge in [-0.05, 0) is 41.1 Å². The summed E-state index contributed by atoms with van der Waals surface area (Å²) in [7, 11) is -0.897. The van der Waals surface area contributed by atoms with E-state index >= 15 is 0 Å². The van der Waals surface area contributed by atoms with Crippen LogP contribution in [0, 0.1) is 11.3 Å². The maximum atomic E-state index is 12.1. The van der Waals surface area contributed by atoms with Crippen molar-refractivity contribution in [2.24, 2.45) is 0 Å². The number of sulfonamides is 1. The van der Waals surface area contributed by atoms with Gasteiger partial charge in [-0.2, -0.15) is 5.26 Å². The summed E-state index contributed by atoms with van der Waals surface area (Å²) in [5, 5.41) is 8.59. The first-order chi connectivity index (χ1) is 9.20. The van der Waals surface area contributed by atoms with Gasteiger partial charge in [0.15, 0.2) is 6.10 Å². The molecule has 0 saturated heterocycles. The van der Waals surface area contributed by atoms with Crippen molar-refractivity contribution in [3.05, 3.63) is 28.2 Å². The first-order valence-electron chi connectivity index (χ1n) is 5.53. The van der Waals surface area contributed by atoms with Crippen LogP contribution in [0.4, 0.5) is 0 Å². The lowest BCUT2D eigenvalue weighted by Crippen LogP contribution is -2.23. The summed E-state index contributed by atoms with van der Waals surface area (Å²) in [5.41, 5.74) is 0.0655. The van der Waals surface area contributed by atoms with E-state index in [1.165, 1.54) is 39.2 Å². The molecule has 0 saturated carbocycles. The van der Waals surface area contributed by atoms with E-state index < -0.39 is 22.1 Å². The van der Waals surface area contributed by atoms with Gasteiger partial charge in [-0.15, -0.1) is 0 Å². The van der Waals surface area contributed by atoms with E-state index in [1.54, 1.807) is 6.07 Å². The molecule has 1 atom stereocenters. The second-order valence-electron chi connectivity index (χ2n) is 4.11. The third-order valence-corrected chi connectivity index (χ3v) is 5.20. The van der Waals surface area contributed by atoms with Crippen molar-refractivity contribution in [2.75, 3.05) is 14.1 Å². The number of carbonyl (C=O) groups is 1. The average Bonchev–Trinajstić information content (AvgIpc) is 2.38. The van der Waals surface area contributed by atoms with Crippen LogP contribution in [0.5, 0.6) is 0 Å². The molecule has 0 radical (unpaired) electrons. The molecule has 108 valence electrons. The molecule has 20 heavy (non-hydrogen) atoms. The van der Waals surface area contributed by atoms with Gasteiger partial charge >= 0.3 is 5.97 Å². The van der Waals surface area contributed by atoms with Crippen LogP contribution in [0.2, 0.25) is 0 Å². The Labute approximate surface area is 126 Å². The van der Waals surface area contributed by atoms with Gasteiger partial charge in [-0.25, -0.2) is 17.5 Å². The van der Waals surface area contributed by atoms with E-state index in [1.807, 2.05) is 0 Å². The molecule has 0 aliphatic rings. The van der Waals surface area contributed by atoms with Crippen LogP contribution in [0.25, 0.3) is 0 Å². The summed E-state index contributed by atoms with van der Waals surface area (Å²) in [4.78, 5) is 11.7. The highest BCUT2D eigenvalue weighted by atomic mass is 79.9. The van der Waals surface area contributed by atoms with E-state index in [-0.39, 0.29) is 10.5 Å². The minimum Gasteiger partial charge on any atom is -0.444 e. The predicted octanol–water partition coefficient (Wildman–Crippen LogP) is 1.77. The normalized spacial score (nSPS) is 12.8. The molecule has 0 spiro atoms. The van der Waals surface area contributed by atoms with Crippen LogP contribution in [0.15, 0.2) is 27.6 Å². The summed E-state index contributed by atoms with van der Waals surface area (Å²) in [6, 6.07) is 5.85. The third-order valence-electron chi connectivity index (χ3n) is 2.39. The number of nitrogens with zero attached hydrogens (tertiary/aromatic N) is 2. The molecular formula is C12H13BrN2O4S. The van der Waals surface area contributed by atoms with Crippen molar-refractivity contribution in [3.8, 4) is 6.07 Å². The largest absolute Gasteiger partial charge is 0.444 e. The molecule has 0 fully saturated rings. The van der Waals surface area contributed by atoms with E-state index in [0.29, 0.717) is 4.47 Å². The Bertz CT molecular complexity index is 665. The summed E-state index contributed by atoms with van der Waals surface area (Å²) in [6.45, 7) is 1.42. The number of hydrogen-bond donors (Lipinski definition) is 0. The van der Waals surface area contributed by atoms with Gasteiger partial charge in [0.2, 0.25) is 10.0 Å². The molecule has 1 aromatic rings. The third kappa shape index (κ3) is 3.56. The Hall–Kier alpha value is -1.43. The van der Waals surface area contributed by atoms with E-state index in [4.69, 9.17) is 10.00 Å². The quantitative estimate of drug-likeness (QED) is 0.763. The fourth-order valence-electron chi connectivity index (χ4n) is 1.28. The van der Waals surface area contributed by atoms with Gasteiger partial charge in [0.05, 0.1) is 10.5 Å². The van der Waals surface area contributed by atoms with Gasteiger partial charge in [-0.1, -0.05) is 0 Å². The van der Waals surface area contributed by atoms with Crippen molar-refractivity contribution in [2.45, 2.75) is 17.9 Å². The Morgan fingerprint density at radius 2 is 2.05 bits per heavy atom. The minimum atomic E-state index is -3.68. The minimum absolute atomic E-state index is 0.0402. The second kappa shape index (κ2) is 6.35. The average molecular weight is 361 g/mol. The lowest BCUT2D eigenvalue weighted by molar-refractivity contribution is 0.0435. The molecule has 0 unspecified atom stereocenters. The standard InChI is InChI=1S/C12H13BrN2O4S/c1-8(7-14)19-12(16)9-4-5-10(13)11(6-9)20(17,18)15(2)3/h4-6,8H,1-3H3/t8-/m1/s1. The van der Waals surface area contributed by atoms with Crippen molar-refractivity contribution < 1.29 is 17.9 Å². The molecule has 0 amide bonds. The predicted molar refractivity (Wildman–Crippen MR) is 75.5 cm³/mol. The summed E-state index contributed by atoms with van der Waals surface area (Å²) >= 11 is 3.14. The van der Waals surface area contributed by atoms with Crippen molar-refractivity contribution in [3.63, 3.8) is 0 Å². The molecule has 0 aliphatic carbocycles. The van der Waals surface area contributed by atoms with Gasteiger partial charge in [0.25, 0.3) is 0 Å². The molecule has 1 rings (SSSR count). The highest BCUT2D eigenvalue weighted by molar-refractivity contribution is 9.10. The van der Waals surface area contributed by atoms with Crippen LogP contribution in [-0.4, -0.2) is 38.9 Å². The SMILES string of the molecule is C[C@H](C#N)OC(=O)c1ccc(Br)c(S(=O)(=O)N(C)C)c1. The van der Waals surface area contributed by atoms with E-state index in [9.17, 15) is 13.2 Å². The zero-order chi connectivity index (χ0) is 15.5. The van der Waals surface area contributed by atoms with Gasteiger partial charge < -0.3 is 4.74 Å². The smallest absolute Gasteiger partial charge is 0.339 e. The highest BCUT2D eigenvalue weighted by Crippen LogP contribution is 2.25. The lowest BCUT2D eigenvalue weighted by Gasteiger charge is -2.14. The monoisotopic (exact) mass is 360 g/mol. The Morgan fingerprint density at radius 1 is 1.45 bits per heavy atom. The van der Waals surface area contributed by atoms with Gasteiger partial charge in [-0.3, -0.25) is 0 Å². The number of rotatable bonds is 4. The number of esters is 1.